The summed E-state index contributed by atoms with van der Waals surface area (Å²) in [6.45, 7) is 7.20. The van der Waals surface area contributed by atoms with Crippen molar-refractivity contribution in [2.45, 2.75) is 70.4 Å². The summed E-state index contributed by atoms with van der Waals surface area (Å²) in [6.07, 6.45) is 6.09. The topological polar surface area (TPSA) is 83.8 Å². The SMILES string of the molecule is CC(C)n1ccc2ccc(C(=O)C(=O)N[C@H](C)[C@](O)(c3ccc(OC4CC4)c(Cl)c3)N3CCCC3)cc21. The van der Waals surface area contributed by atoms with Gasteiger partial charge in [0.05, 0.1) is 17.2 Å². The first kappa shape index (κ1) is 25.8. The van der Waals surface area contributed by atoms with Gasteiger partial charge in [-0.2, -0.15) is 0 Å². The molecule has 3 aromatic rings. The van der Waals surface area contributed by atoms with Gasteiger partial charge in [-0.15, -0.1) is 0 Å². The molecule has 1 saturated carbocycles. The van der Waals surface area contributed by atoms with Crippen molar-refractivity contribution >= 4 is 34.2 Å². The average molecular weight is 524 g/mol. The number of amides is 1. The first-order chi connectivity index (χ1) is 17.7. The fourth-order valence-electron chi connectivity index (χ4n) is 5.19. The quantitative estimate of drug-likeness (QED) is 0.303. The number of hydrogen-bond acceptors (Lipinski definition) is 5. The van der Waals surface area contributed by atoms with E-state index in [1.165, 1.54) is 0 Å². The monoisotopic (exact) mass is 523 g/mol. The molecule has 2 N–H and O–H groups in total. The summed E-state index contributed by atoms with van der Waals surface area (Å²) in [5.74, 6) is -0.808. The van der Waals surface area contributed by atoms with Gasteiger partial charge in [0.15, 0.2) is 5.72 Å². The van der Waals surface area contributed by atoms with Gasteiger partial charge in [0, 0.05) is 42.0 Å². The molecule has 1 aromatic heterocycles. The molecular weight excluding hydrogens is 490 g/mol. The highest BCUT2D eigenvalue weighted by molar-refractivity contribution is 6.43. The van der Waals surface area contributed by atoms with E-state index in [1.807, 2.05) is 23.2 Å². The molecule has 2 atom stereocenters. The maximum atomic E-state index is 13.2. The molecule has 2 aromatic carbocycles. The molecule has 0 spiro atoms. The lowest BCUT2D eigenvalue weighted by Crippen LogP contribution is -2.59. The summed E-state index contributed by atoms with van der Waals surface area (Å²) in [6, 6.07) is 12.0. The summed E-state index contributed by atoms with van der Waals surface area (Å²) >= 11 is 6.53. The van der Waals surface area contributed by atoms with Gasteiger partial charge >= 0.3 is 0 Å². The number of hydrogen-bond donors (Lipinski definition) is 2. The van der Waals surface area contributed by atoms with Crippen molar-refractivity contribution in [3.05, 3.63) is 64.8 Å². The molecule has 1 saturated heterocycles. The van der Waals surface area contributed by atoms with Crippen LogP contribution in [-0.4, -0.2) is 51.5 Å². The molecule has 1 amide bonds. The van der Waals surface area contributed by atoms with E-state index in [0.29, 0.717) is 35.0 Å². The van der Waals surface area contributed by atoms with Crippen molar-refractivity contribution in [2.24, 2.45) is 0 Å². The van der Waals surface area contributed by atoms with E-state index in [2.05, 4.69) is 23.7 Å². The van der Waals surface area contributed by atoms with Gasteiger partial charge in [0.2, 0.25) is 5.78 Å². The number of fused-ring (bicyclic) bond motifs is 1. The van der Waals surface area contributed by atoms with Gasteiger partial charge in [-0.05, 0) is 76.1 Å². The fraction of sp³-hybridized carbons (Fsp3) is 0.448. The predicted octanol–water partition coefficient (Wildman–Crippen LogP) is 5.05. The number of carbonyl (C=O) groups is 2. The number of likely N-dealkylation sites (tertiary alicyclic amines) is 1. The second-order valence-corrected chi connectivity index (χ2v) is 10.9. The predicted molar refractivity (Wildman–Crippen MR) is 144 cm³/mol. The average Bonchev–Trinajstić information content (AvgIpc) is 3.34. The molecule has 37 heavy (non-hydrogen) atoms. The molecule has 2 fully saturated rings. The zero-order chi connectivity index (χ0) is 26.3. The van der Waals surface area contributed by atoms with Crippen LogP contribution in [0.15, 0.2) is 48.7 Å². The molecule has 2 heterocycles. The third-order valence-electron chi connectivity index (χ3n) is 7.46. The normalized spacial score (nSPS) is 18.6. The van der Waals surface area contributed by atoms with Crippen LogP contribution in [0.1, 0.15) is 68.4 Å². The maximum Gasteiger partial charge on any atom is 0.292 e. The number of ether oxygens (including phenoxy) is 1. The molecule has 8 heteroatoms. The van der Waals surface area contributed by atoms with Crippen LogP contribution in [0.25, 0.3) is 10.9 Å². The number of nitrogens with zero attached hydrogens (tertiary/aromatic N) is 2. The van der Waals surface area contributed by atoms with Crippen LogP contribution in [0.3, 0.4) is 0 Å². The maximum absolute atomic E-state index is 13.2. The van der Waals surface area contributed by atoms with Crippen molar-refractivity contribution in [2.75, 3.05) is 13.1 Å². The lowest BCUT2D eigenvalue weighted by atomic mass is 9.93. The number of halogens is 1. The molecular formula is C29H34ClN3O4. The molecule has 0 radical (unpaired) electrons. The van der Waals surface area contributed by atoms with Crippen LogP contribution in [0.5, 0.6) is 5.75 Å². The van der Waals surface area contributed by atoms with E-state index < -0.39 is 23.5 Å². The Bertz CT molecular complexity index is 1330. The lowest BCUT2D eigenvalue weighted by molar-refractivity contribution is -0.139. The van der Waals surface area contributed by atoms with E-state index in [9.17, 15) is 14.7 Å². The molecule has 0 bridgehead atoms. The number of rotatable bonds is 9. The Balaban J connectivity index is 1.39. The first-order valence-corrected chi connectivity index (χ1v) is 13.5. The number of benzene rings is 2. The Morgan fingerprint density at radius 2 is 1.81 bits per heavy atom. The summed E-state index contributed by atoms with van der Waals surface area (Å²) in [5.41, 5.74) is 0.231. The van der Waals surface area contributed by atoms with Gasteiger partial charge < -0.3 is 19.7 Å². The molecule has 0 unspecified atom stereocenters. The summed E-state index contributed by atoms with van der Waals surface area (Å²) in [4.78, 5) is 28.3. The summed E-state index contributed by atoms with van der Waals surface area (Å²) in [7, 11) is 0. The second-order valence-electron chi connectivity index (χ2n) is 10.5. The molecule has 5 rings (SSSR count). The van der Waals surface area contributed by atoms with Crippen molar-refractivity contribution in [1.82, 2.24) is 14.8 Å². The Morgan fingerprint density at radius 3 is 2.46 bits per heavy atom. The molecule has 2 aliphatic rings. The molecule has 7 nitrogen and oxygen atoms in total. The van der Waals surface area contributed by atoms with Crippen LogP contribution in [-0.2, 0) is 10.5 Å². The number of aliphatic hydroxyl groups is 1. The van der Waals surface area contributed by atoms with Crippen molar-refractivity contribution in [3.8, 4) is 5.75 Å². The highest BCUT2D eigenvalue weighted by Gasteiger charge is 2.44. The Labute approximate surface area is 222 Å². The highest BCUT2D eigenvalue weighted by Crippen LogP contribution is 2.38. The van der Waals surface area contributed by atoms with E-state index in [0.717, 1.165) is 36.6 Å². The zero-order valence-electron chi connectivity index (χ0n) is 21.5. The molecule has 196 valence electrons. The van der Waals surface area contributed by atoms with Gasteiger partial charge in [-0.1, -0.05) is 29.8 Å². The van der Waals surface area contributed by atoms with Crippen molar-refractivity contribution in [1.29, 1.82) is 0 Å². The smallest absolute Gasteiger partial charge is 0.292 e. The van der Waals surface area contributed by atoms with Gasteiger partial charge in [-0.3, -0.25) is 14.5 Å². The first-order valence-electron chi connectivity index (χ1n) is 13.1. The number of nitrogens with one attached hydrogen (secondary N) is 1. The number of Topliss-reactive ketones (excluding diaryl/α,β-unsaturated/α-hetero) is 1. The Kier molecular flexibility index (Phi) is 7.05. The van der Waals surface area contributed by atoms with Crippen LogP contribution in [0.4, 0.5) is 0 Å². The zero-order valence-corrected chi connectivity index (χ0v) is 22.3. The second kappa shape index (κ2) is 10.1. The molecule has 1 aliphatic carbocycles. The standard InChI is InChI=1S/C29H34ClN3O4/c1-18(2)33-15-12-20-6-7-21(16-25(20)33)27(34)28(35)31-19(3)29(36,32-13-4-5-14-32)22-8-11-26(24(30)17-22)37-23-9-10-23/h6-8,11-12,15-19,23,36H,4-5,9-10,13-14H2,1-3H3,(H,31,35)/t19-,29+/m1/s1. The van der Waals surface area contributed by atoms with E-state index >= 15 is 0 Å². The van der Waals surface area contributed by atoms with Gasteiger partial charge in [0.1, 0.15) is 5.75 Å². The third kappa shape index (κ3) is 5.00. The highest BCUT2D eigenvalue weighted by atomic mass is 35.5. The largest absolute Gasteiger partial charge is 0.489 e. The Morgan fingerprint density at radius 1 is 1.08 bits per heavy atom. The van der Waals surface area contributed by atoms with Crippen LogP contribution < -0.4 is 10.1 Å². The Hall–Kier alpha value is -2.87. The summed E-state index contributed by atoms with van der Waals surface area (Å²) in [5, 5.41) is 16.3. The van der Waals surface area contributed by atoms with Crippen molar-refractivity contribution < 1.29 is 19.4 Å². The number of ketones is 1. The van der Waals surface area contributed by atoms with Crippen LogP contribution in [0, 0.1) is 0 Å². The van der Waals surface area contributed by atoms with Gasteiger partial charge in [-0.25, -0.2) is 0 Å². The van der Waals surface area contributed by atoms with Crippen LogP contribution >= 0.6 is 11.6 Å². The molecule has 1 aliphatic heterocycles. The number of aromatic nitrogens is 1. The minimum Gasteiger partial charge on any atom is -0.489 e. The minimum atomic E-state index is -1.54. The van der Waals surface area contributed by atoms with Gasteiger partial charge in [0.25, 0.3) is 5.91 Å². The van der Waals surface area contributed by atoms with E-state index in [4.69, 9.17) is 16.3 Å². The minimum absolute atomic E-state index is 0.202. The van der Waals surface area contributed by atoms with E-state index in [1.54, 1.807) is 37.3 Å². The van der Waals surface area contributed by atoms with E-state index in [-0.39, 0.29) is 12.1 Å². The third-order valence-corrected chi connectivity index (χ3v) is 7.76. The van der Waals surface area contributed by atoms with Crippen molar-refractivity contribution in [3.63, 3.8) is 0 Å². The number of carbonyl (C=O) groups excluding carboxylic acids is 2. The summed E-state index contributed by atoms with van der Waals surface area (Å²) < 4.78 is 7.93. The van der Waals surface area contributed by atoms with Crippen LogP contribution in [0.2, 0.25) is 5.02 Å². The lowest BCUT2D eigenvalue weighted by Gasteiger charge is -2.42. The fourth-order valence-corrected chi connectivity index (χ4v) is 5.41.